The Morgan fingerprint density at radius 2 is 2.50 bits per heavy atom. The van der Waals surface area contributed by atoms with Crippen molar-refractivity contribution in [1.82, 2.24) is 0 Å². The zero-order chi connectivity index (χ0) is 7.56. The van der Waals surface area contributed by atoms with Gasteiger partial charge in [0, 0.05) is 12.0 Å². The average molecular weight is 158 g/mol. The largest absolute Gasteiger partial charge is 0.459 e. The molecule has 0 aliphatic carbocycles. The Morgan fingerprint density at radius 3 is 2.90 bits per heavy atom. The summed E-state index contributed by atoms with van der Waals surface area (Å²) in [5, 5.41) is 1.85. The van der Waals surface area contributed by atoms with E-state index in [-0.39, 0.29) is 12.1 Å². The lowest BCUT2D eigenvalue weighted by molar-refractivity contribution is -0.138. The van der Waals surface area contributed by atoms with Gasteiger partial charge in [0.05, 0.1) is 0 Å². The highest BCUT2D eigenvalue weighted by Gasteiger charge is 2.24. The van der Waals surface area contributed by atoms with Crippen LogP contribution in [0.15, 0.2) is 11.0 Å². The van der Waals surface area contributed by atoms with Gasteiger partial charge < -0.3 is 4.74 Å². The standard InChI is InChI=1S/C7H10O2S/c1-5-3-6(4-10-2)7(8)9-5/h4-5H,3H2,1-2H3/b6-4-. The predicted octanol–water partition coefficient (Wildman–Crippen LogP) is 1.57. The number of ether oxygens (including phenoxy) is 1. The second kappa shape index (κ2) is 3.10. The van der Waals surface area contributed by atoms with Crippen LogP contribution in [-0.2, 0) is 9.53 Å². The summed E-state index contributed by atoms with van der Waals surface area (Å²) in [4.78, 5) is 10.9. The zero-order valence-corrected chi connectivity index (χ0v) is 6.90. The van der Waals surface area contributed by atoms with E-state index in [0.29, 0.717) is 0 Å². The summed E-state index contributed by atoms with van der Waals surface area (Å²) >= 11 is 1.54. The highest BCUT2D eigenvalue weighted by molar-refractivity contribution is 8.01. The number of cyclic esters (lactones) is 1. The molecule has 1 rings (SSSR count). The van der Waals surface area contributed by atoms with Crippen molar-refractivity contribution >= 4 is 17.7 Å². The summed E-state index contributed by atoms with van der Waals surface area (Å²) in [6.07, 6.45) is 2.77. The number of carbonyl (C=O) groups is 1. The summed E-state index contributed by atoms with van der Waals surface area (Å²) in [6.45, 7) is 1.90. The quantitative estimate of drug-likeness (QED) is 0.428. The minimum absolute atomic E-state index is 0.0749. The Morgan fingerprint density at radius 1 is 1.80 bits per heavy atom. The second-order valence-electron chi connectivity index (χ2n) is 2.30. The first-order valence-electron chi connectivity index (χ1n) is 3.17. The van der Waals surface area contributed by atoms with Gasteiger partial charge in [-0.1, -0.05) is 0 Å². The molecular weight excluding hydrogens is 148 g/mol. The van der Waals surface area contributed by atoms with Crippen LogP contribution in [-0.4, -0.2) is 18.3 Å². The van der Waals surface area contributed by atoms with Crippen LogP contribution in [0.2, 0.25) is 0 Å². The fourth-order valence-electron chi connectivity index (χ4n) is 0.932. The molecule has 1 atom stereocenters. The lowest BCUT2D eigenvalue weighted by Gasteiger charge is -1.94. The molecule has 3 heteroatoms. The van der Waals surface area contributed by atoms with Gasteiger partial charge in [-0.05, 0) is 18.6 Å². The number of thioether (sulfide) groups is 1. The van der Waals surface area contributed by atoms with E-state index in [4.69, 9.17) is 4.74 Å². The van der Waals surface area contributed by atoms with E-state index in [1.807, 2.05) is 18.6 Å². The number of hydrogen-bond acceptors (Lipinski definition) is 3. The third-order valence-electron chi connectivity index (χ3n) is 1.34. The molecule has 1 fully saturated rings. The van der Waals surface area contributed by atoms with Gasteiger partial charge in [-0.15, -0.1) is 11.8 Å². The van der Waals surface area contributed by atoms with E-state index in [1.165, 1.54) is 0 Å². The Kier molecular flexibility index (Phi) is 2.38. The first-order chi connectivity index (χ1) is 4.74. The van der Waals surface area contributed by atoms with Crippen molar-refractivity contribution in [3.05, 3.63) is 11.0 Å². The van der Waals surface area contributed by atoms with Crippen LogP contribution in [0.3, 0.4) is 0 Å². The Bertz CT molecular complexity index is 174. The molecule has 0 N–H and O–H groups in total. The van der Waals surface area contributed by atoms with E-state index in [9.17, 15) is 4.79 Å². The van der Waals surface area contributed by atoms with Crippen LogP contribution in [0.5, 0.6) is 0 Å². The molecule has 0 bridgehead atoms. The number of esters is 1. The maximum Gasteiger partial charge on any atom is 0.334 e. The second-order valence-corrected chi connectivity index (χ2v) is 3.01. The van der Waals surface area contributed by atoms with Crippen molar-refractivity contribution in [3.63, 3.8) is 0 Å². The van der Waals surface area contributed by atoms with Crippen LogP contribution in [0.4, 0.5) is 0 Å². The van der Waals surface area contributed by atoms with Gasteiger partial charge in [-0.25, -0.2) is 4.79 Å². The molecule has 0 saturated carbocycles. The van der Waals surface area contributed by atoms with Gasteiger partial charge in [0.25, 0.3) is 0 Å². The van der Waals surface area contributed by atoms with Crippen molar-refractivity contribution < 1.29 is 9.53 Å². The molecule has 56 valence electrons. The van der Waals surface area contributed by atoms with E-state index in [0.717, 1.165) is 12.0 Å². The smallest absolute Gasteiger partial charge is 0.334 e. The predicted molar refractivity (Wildman–Crippen MR) is 41.8 cm³/mol. The van der Waals surface area contributed by atoms with Crippen molar-refractivity contribution in [1.29, 1.82) is 0 Å². The highest BCUT2D eigenvalue weighted by Crippen LogP contribution is 2.21. The monoisotopic (exact) mass is 158 g/mol. The summed E-state index contributed by atoms with van der Waals surface area (Å²) in [5.74, 6) is -0.151. The molecule has 1 aliphatic heterocycles. The molecule has 1 unspecified atom stereocenters. The number of carbonyl (C=O) groups excluding carboxylic acids is 1. The lowest BCUT2D eigenvalue weighted by atomic mass is 10.2. The molecule has 0 aromatic rings. The Labute approximate surface area is 64.6 Å². The third-order valence-corrected chi connectivity index (χ3v) is 1.86. The van der Waals surface area contributed by atoms with E-state index >= 15 is 0 Å². The van der Waals surface area contributed by atoms with Gasteiger partial charge >= 0.3 is 5.97 Å². The minimum atomic E-state index is -0.151. The fraction of sp³-hybridized carbons (Fsp3) is 0.571. The number of hydrogen-bond donors (Lipinski definition) is 0. The lowest BCUT2D eigenvalue weighted by Crippen LogP contribution is -1.99. The van der Waals surface area contributed by atoms with Gasteiger partial charge in [0.1, 0.15) is 6.10 Å². The maximum atomic E-state index is 10.9. The third kappa shape index (κ3) is 1.53. The molecule has 1 saturated heterocycles. The van der Waals surface area contributed by atoms with Gasteiger partial charge in [-0.3, -0.25) is 0 Å². The first-order valence-corrected chi connectivity index (χ1v) is 4.45. The van der Waals surface area contributed by atoms with Crippen molar-refractivity contribution in [2.24, 2.45) is 0 Å². The average Bonchev–Trinajstić information content (AvgIpc) is 2.13. The van der Waals surface area contributed by atoms with Crippen LogP contribution in [0.25, 0.3) is 0 Å². The van der Waals surface area contributed by atoms with Gasteiger partial charge in [-0.2, -0.15) is 0 Å². The Balaban J connectivity index is 2.63. The summed E-state index contributed by atoms with van der Waals surface area (Å²) in [6, 6.07) is 0. The van der Waals surface area contributed by atoms with Gasteiger partial charge in [0.15, 0.2) is 0 Å². The van der Waals surface area contributed by atoms with Crippen molar-refractivity contribution in [3.8, 4) is 0 Å². The molecule has 0 aromatic carbocycles. The fourth-order valence-corrected chi connectivity index (χ4v) is 1.41. The van der Waals surface area contributed by atoms with Gasteiger partial charge in [0.2, 0.25) is 0 Å². The summed E-state index contributed by atoms with van der Waals surface area (Å²) in [5.41, 5.74) is 0.806. The summed E-state index contributed by atoms with van der Waals surface area (Å²) < 4.78 is 4.91. The molecule has 0 radical (unpaired) electrons. The molecule has 0 aromatic heterocycles. The van der Waals surface area contributed by atoms with E-state index < -0.39 is 0 Å². The highest BCUT2D eigenvalue weighted by atomic mass is 32.2. The maximum absolute atomic E-state index is 10.9. The topological polar surface area (TPSA) is 26.3 Å². The SMILES string of the molecule is CS/C=C1/CC(C)OC1=O. The minimum Gasteiger partial charge on any atom is -0.459 e. The molecule has 10 heavy (non-hydrogen) atoms. The number of rotatable bonds is 1. The Hall–Kier alpha value is -0.440. The van der Waals surface area contributed by atoms with Crippen LogP contribution < -0.4 is 0 Å². The van der Waals surface area contributed by atoms with E-state index in [2.05, 4.69) is 0 Å². The van der Waals surface area contributed by atoms with Crippen LogP contribution in [0, 0.1) is 0 Å². The molecule has 2 nitrogen and oxygen atoms in total. The van der Waals surface area contributed by atoms with E-state index in [1.54, 1.807) is 11.8 Å². The normalized spacial score (nSPS) is 29.2. The van der Waals surface area contributed by atoms with Crippen molar-refractivity contribution in [2.75, 3.05) is 6.26 Å². The first kappa shape index (κ1) is 7.66. The van der Waals surface area contributed by atoms with Crippen LogP contribution >= 0.6 is 11.8 Å². The van der Waals surface area contributed by atoms with Crippen molar-refractivity contribution in [2.45, 2.75) is 19.4 Å². The molecule has 0 spiro atoms. The van der Waals surface area contributed by atoms with Crippen LogP contribution in [0.1, 0.15) is 13.3 Å². The molecule has 1 heterocycles. The molecular formula is C7H10O2S. The molecule has 0 amide bonds. The zero-order valence-electron chi connectivity index (χ0n) is 6.09. The summed E-state index contributed by atoms with van der Waals surface area (Å²) in [7, 11) is 0. The molecule has 1 aliphatic rings.